The summed E-state index contributed by atoms with van der Waals surface area (Å²) in [7, 11) is 2.86. The van der Waals surface area contributed by atoms with Gasteiger partial charge in [0.2, 0.25) is 5.88 Å². The Bertz CT molecular complexity index is 1670. The number of benzene rings is 1. The highest BCUT2D eigenvalue weighted by Crippen LogP contribution is 2.41. The molecule has 4 aromatic rings. The number of methoxy groups -OCH3 is 1. The van der Waals surface area contributed by atoms with Gasteiger partial charge >= 0.3 is 12.4 Å². The van der Waals surface area contributed by atoms with Gasteiger partial charge in [0.05, 0.1) is 41.8 Å². The molecular formula is C28H24ClF6N5O3. The molecule has 1 saturated heterocycles. The van der Waals surface area contributed by atoms with Gasteiger partial charge in [-0.25, -0.2) is 9.97 Å². The van der Waals surface area contributed by atoms with Crippen LogP contribution in [0.4, 0.5) is 26.3 Å². The number of rotatable bonds is 5. The van der Waals surface area contributed by atoms with Gasteiger partial charge in [-0.15, -0.1) is 0 Å². The van der Waals surface area contributed by atoms with Crippen molar-refractivity contribution in [3.8, 4) is 5.88 Å². The number of nitrogens with zero attached hydrogens (tertiary/aromatic N) is 5. The number of amides is 1. The zero-order valence-electron chi connectivity index (χ0n) is 22.7. The molecule has 1 atom stereocenters. The highest BCUT2D eigenvalue weighted by molar-refractivity contribution is 6.38. The third-order valence-corrected chi connectivity index (χ3v) is 8.01. The summed E-state index contributed by atoms with van der Waals surface area (Å²) in [5, 5.41) is 12.2. The average molecular weight is 628 g/mol. The van der Waals surface area contributed by atoms with Crippen LogP contribution < -0.4 is 4.74 Å². The maximum Gasteiger partial charge on any atom is 0.433 e. The van der Waals surface area contributed by atoms with Crippen LogP contribution in [0.2, 0.25) is 5.02 Å². The average Bonchev–Trinajstić information content (AvgIpc) is 3.41. The van der Waals surface area contributed by atoms with Gasteiger partial charge in [-0.05, 0) is 36.6 Å². The summed E-state index contributed by atoms with van der Waals surface area (Å²) in [5.41, 5.74) is -2.81. The molecule has 15 heteroatoms. The van der Waals surface area contributed by atoms with Gasteiger partial charge in [0.1, 0.15) is 11.3 Å². The SMILES string of the molecule is COc1nc2ccc(C(O)(c3ccc(C(F)(F)F)nc3)c3cncn3C)cc2c(Cl)c1C(=O)N1CCC(C(F)(F)F)CC1. The molecule has 5 rings (SSSR count). The van der Waals surface area contributed by atoms with Crippen molar-refractivity contribution in [1.82, 2.24) is 24.4 Å². The molecule has 8 nitrogen and oxygen atoms in total. The van der Waals surface area contributed by atoms with E-state index in [-0.39, 0.29) is 70.1 Å². The lowest BCUT2D eigenvalue weighted by molar-refractivity contribution is -0.183. The first-order chi connectivity index (χ1) is 20.2. The fraction of sp³-hybridized carbons (Fsp3) is 0.357. The molecule has 1 unspecified atom stereocenters. The summed E-state index contributed by atoms with van der Waals surface area (Å²) in [5.74, 6) is -2.33. The number of aryl methyl sites for hydroxylation is 1. The Labute approximate surface area is 245 Å². The number of likely N-dealkylation sites (tertiary alicyclic amines) is 1. The fourth-order valence-corrected chi connectivity index (χ4v) is 5.59. The number of alkyl halides is 6. The van der Waals surface area contributed by atoms with Crippen LogP contribution in [0.15, 0.2) is 49.1 Å². The second kappa shape index (κ2) is 11.0. The molecule has 0 spiro atoms. The standard InChI is InChI=1S/C28H24ClF6N5O3/c1-39-14-36-13-21(39)26(42,17-4-6-20(37-12-17)28(33,34)35)16-3-5-19-18(11-16)23(29)22(24(38-19)43-2)25(41)40-9-7-15(8-10-40)27(30,31)32/h3-6,11-15,42H,7-10H2,1-2H3. The van der Waals surface area contributed by atoms with Gasteiger partial charge < -0.3 is 19.3 Å². The Hall–Kier alpha value is -3.91. The Kier molecular flexibility index (Phi) is 7.80. The Balaban J connectivity index is 1.62. The Morgan fingerprint density at radius 1 is 1.05 bits per heavy atom. The number of hydrogen-bond acceptors (Lipinski definition) is 6. The summed E-state index contributed by atoms with van der Waals surface area (Å²) < 4.78 is 86.0. The van der Waals surface area contributed by atoms with Gasteiger partial charge in [0, 0.05) is 37.3 Å². The molecule has 1 aromatic carbocycles. The van der Waals surface area contributed by atoms with Gasteiger partial charge in [-0.3, -0.25) is 9.78 Å². The van der Waals surface area contributed by atoms with E-state index in [1.807, 2.05) is 0 Å². The van der Waals surface area contributed by atoms with E-state index in [4.69, 9.17) is 16.3 Å². The lowest BCUT2D eigenvalue weighted by Gasteiger charge is -2.33. The molecule has 1 aliphatic heterocycles. The van der Waals surface area contributed by atoms with Crippen molar-refractivity contribution < 1.29 is 41.0 Å². The van der Waals surface area contributed by atoms with E-state index >= 15 is 0 Å². The second-order valence-electron chi connectivity index (χ2n) is 10.2. The topological polar surface area (TPSA) is 93.4 Å². The molecule has 228 valence electrons. The lowest BCUT2D eigenvalue weighted by atomic mass is 9.83. The van der Waals surface area contributed by atoms with E-state index in [1.54, 1.807) is 7.05 Å². The van der Waals surface area contributed by atoms with Crippen LogP contribution in [0.1, 0.15) is 45.7 Å². The number of aromatic nitrogens is 4. The molecule has 0 saturated carbocycles. The summed E-state index contributed by atoms with van der Waals surface area (Å²) in [6.07, 6.45) is -5.94. The van der Waals surface area contributed by atoms with E-state index in [9.17, 15) is 36.2 Å². The minimum absolute atomic E-state index is 0.00937. The first kappa shape index (κ1) is 30.5. The third kappa shape index (κ3) is 5.49. The molecule has 1 amide bonds. The highest BCUT2D eigenvalue weighted by atomic mass is 35.5. The van der Waals surface area contributed by atoms with E-state index in [0.29, 0.717) is 0 Å². The number of ether oxygens (including phenoxy) is 1. The fourth-order valence-electron chi connectivity index (χ4n) is 5.27. The maximum absolute atomic E-state index is 13.5. The van der Waals surface area contributed by atoms with Crippen molar-refractivity contribution in [2.24, 2.45) is 13.0 Å². The van der Waals surface area contributed by atoms with Crippen LogP contribution in [0.3, 0.4) is 0 Å². The number of carbonyl (C=O) groups excluding carboxylic acids is 1. The highest BCUT2D eigenvalue weighted by Gasteiger charge is 2.43. The van der Waals surface area contributed by atoms with E-state index in [1.165, 1.54) is 47.3 Å². The van der Waals surface area contributed by atoms with Crippen LogP contribution in [-0.4, -0.2) is 61.8 Å². The van der Waals surface area contributed by atoms with Gasteiger partial charge in [0.25, 0.3) is 5.91 Å². The van der Waals surface area contributed by atoms with Crippen LogP contribution in [0.25, 0.3) is 10.9 Å². The molecule has 0 radical (unpaired) electrons. The molecule has 1 N–H and O–H groups in total. The lowest BCUT2D eigenvalue weighted by Crippen LogP contribution is -2.42. The smallest absolute Gasteiger partial charge is 0.433 e. The minimum atomic E-state index is -4.70. The van der Waals surface area contributed by atoms with Gasteiger partial charge in [-0.1, -0.05) is 23.7 Å². The number of hydrogen-bond donors (Lipinski definition) is 1. The molecule has 0 bridgehead atoms. The molecule has 4 heterocycles. The maximum atomic E-state index is 13.5. The van der Waals surface area contributed by atoms with E-state index in [2.05, 4.69) is 15.0 Å². The van der Waals surface area contributed by atoms with Crippen LogP contribution in [0.5, 0.6) is 5.88 Å². The Morgan fingerprint density at radius 2 is 1.72 bits per heavy atom. The van der Waals surface area contributed by atoms with Gasteiger partial charge in [0.15, 0.2) is 5.60 Å². The number of piperidine rings is 1. The molecule has 0 aliphatic carbocycles. The molecule has 1 fully saturated rings. The summed E-state index contributed by atoms with van der Waals surface area (Å²) in [6.45, 7) is -0.302. The zero-order chi connectivity index (χ0) is 31.3. The van der Waals surface area contributed by atoms with Crippen molar-refractivity contribution in [3.05, 3.63) is 82.2 Å². The van der Waals surface area contributed by atoms with Crippen LogP contribution in [-0.2, 0) is 18.8 Å². The van der Waals surface area contributed by atoms with E-state index in [0.717, 1.165) is 18.3 Å². The van der Waals surface area contributed by atoms with Gasteiger partial charge in [-0.2, -0.15) is 26.3 Å². The Morgan fingerprint density at radius 3 is 2.26 bits per heavy atom. The van der Waals surface area contributed by atoms with Crippen LogP contribution >= 0.6 is 11.6 Å². The first-order valence-corrected chi connectivity index (χ1v) is 13.3. The van der Waals surface area contributed by atoms with Crippen molar-refractivity contribution >= 4 is 28.4 Å². The normalized spacial score (nSPS) is 16.4. The number of aliphatic hydroxyl groups is 1. The number of pyridine rings is 2. The van der Waals surface area contributed by atoms with Crippen molar-refractivity contribution in [3.63, 3.8) is 0 Å². The van der Waals surface area contributed by atoms with Crippen molar-refractivity contribution in [1.29, 1.82) is 0 Å². The minimum Gasteiger partial charge on any atom is -0.480 e. The number of fused-ring (bicyclic) bond motifs is 1. The summed E-state index contributed by atoms with van der Waals surface area (Å²) in [6, 6.07) is 6.25. The summed E-state index contributed by atoms with van der Waals surface area (Å²) >= 11 is 6.75. The third-order valence-electron chi connectivity index (χ3n) is 7.62. The number of carbonyl (C=O) groups is 1. The zero-order valence-corrected chi connectivity index (χ0v) is 23.4. The monoisotopic (exact) mass is 627 g/mol. The predicted octanol–water partition coefficient (Wildman–Crippen LogP) is 5.74. The second-order valence-corrected chi connectivity index (χ2v) is 10.6. The molecule has 3 aromatic heterocycles. The summed E-state index contributed by atoms with van der Waals surface area (Å²) in [4.78, 5) is 26.7. The molecule has 1 aliphatic rings. The molecule has 43 heavy (non-hydrogen) atoms. The van der Waals surface area contributed by atoms with Crippen LogP contribution in [0, 0.1) is 5.92 Å². The predicted molar refractivity (Wildman–Crippen MR) is 143 cm³/mol. The first-order valence-electron chi connectivity index (χ1n) is 12.9. The number of imidazole rings is 1. The quantitative estimate of drug-likeness (QED) is 0.284. The van der Waals surface area contributed by atoms with Crippen molar-refractivity contribution in [2.45, 2.75) is 30.8 Å². The molecular weight excluding hydrogens is 604 g/mol. The largest absolute Gasteiger partial charge is 0.480 e. The van der Waals surface area contributed by atoms with E-state index < -0.39 is 35.5 Å². The van der Waals surface area contributed by atoms with Crippen molar-refractivity contribution in [2.75, 3.05) is 20.2 Å². The number of halogens is 7.